The van der Waals surface area contributed by atoms with Crippen molar-refractivity contribution in [3.8, 4) is 11.8 Å². The monoisotopic (exact) mass is 193 g/mol. The van der Waals surface area contributed by atoms with E-state index in [1.807, 2.05) is 0 Å². The predicted molar refractivity (Wildman–Crippen MR) is 51.6 cm³/mol. The number of methoxy groups -OCH3 is 1. The molecule has 0 aromatic heterocycles. The van der Waals surface area contributed by atoms with Gasteiger partial charge in [-0.3, -0.25) is 0 Å². The molecule has 0 aliphatic carbocycles. The first-order chi connectivity index (χ1) is 6.51. The van der Waals surface area contributed by atoms with Gasteiger partial charge in [0.25, 0.3) is 0 Å². The van der Waals surface area contributed by atoms with Crippen molar-refractivity contribution in [3.05, 3.63) is 29.6 Å². The average molecular weight is 193 g/mol. The molecule has 0 bridgehead atoms. The van der Waals surface area contributed by atoms with Gasteiger partial charge in [0.15, 0.2) is 0 Å². The van der Waals surface area contributed by atoms with Crippen LogP contribution in [0, 0.1) is 17.1 Å². The van der Waals surface area contributed by atoms with Crippen LogP contribution in [-0.2, 0) is 5.41 Å². The maximum absolute atomic E-state index is 12.9. The summed E-state index contributed by atoms with van der Waals surface area (Å²) in [6.45, 7) is 3.53. The second-order valence-electron chi connectivity index (χ2n) is 3.58. The van der Waals surface area contributed by atoms with Crippen LogP contribution in [0.4, 0.5) is 4.39 Å². The van der Waals surface area contributed by atoms with Crippen LogP contribution in [0.3, 0.4) is 0 Å². The van der Waals surface area contributed by atoms with Gasteiger partial charge in [0.05, 0.1) is 18.6 Å². The third-order valence-corrected chi connectivity index (χ3v) is 2.12. The Morgan fingerprint density at radius 1 is 1.43 bits per heavy atom. The lowest BCUT2D eigenvalue weighted by Crippen LogP contribution is -2.15. The number of hydrogen-bond donors (Lipinski definition) is 0. The normalized spacial score (nSPS) is 10.8. The molecule has 0 aliphatic rings. The number of hydrogen-bond acceptors (Lipinski definition) is 2. The standard InChI is InChI=1S/C11H12FNO/c1-11(2,7-13)9-5-4-8(12)6-10(9)14-3/h4-6H,1-3H3. The highest BCUT2D eigenvalue weighted by atomic mass is 19.1. The van der Waals surface area contributed by atoms with Crippen molar-refractivity contribution in [2.45, 2.75) is 19.3 Å². The van der Waals surface area contributed by atoms with Gasteiger partial charge in [0.2, 0.25) is 0 Å². The average Bonchev–Trinajstić information content (AvgIpc) is 2.17. The fraction of sp³-hybridized carbons (Fsp3) is 0.364. The Balaban J connectivity index is 3.29. The Kier molecular flexibility index (Phi) is 2.76. The van der Waals surface area contributed by atoms with Crippen molar-refractivity contribution >= 4 is 0 Å². The summed E-state index contributed by atoms with van der Waals surface area (Å²) in [7, 11) is 1.46. The summed E-state index contributed by atoms with van der Waals surface area (Å²) in [6.07, 6.45) is 0. The van der Waals surface area contributed by atoms with E-state index in [9.17, 15) is 4.39 Å². The lowest BCUT2D eigenvalue weighted by atomic mass is 9.86. The van der Waals surface area contributed by atoms with Crippen LogP contribution >= 0.6 is 0 Å². The second kappa shape index (κ2) is 3.67. The molecule has 1 rings (SSSR count). The maximum atomic E-state index is 12.9. The van der Waals surface area contributed by atoms with Crippen LogP contribution < -0.4 is 4.74 Å². The lowest BCUT2D eigenvalue weighted by Gasteiger charge is -2.18. The van der Waals surface area contributed by atoms with Crippen LogP contribution in [0.25, 0.3) is 0 Å². The van der Waals surface area contributed by atoms with E-state index in [0.29, 0.717) is 11.3 Å². The number of ether oxygens (including phenoxy) is 1. The third kappa shape index (κ3) is 1.85. The van der Waals surface area contributed by atoms with Crippen LogP contribution in [-0.4, -0.2) is 7.11 Å². The maximum Gasteiger partial charge on any atom is 0.126 e. The van der Waals surface area contributed by atoms with Gasteiger partial charge >= 0.3 is 0 Å². The summed E-state index contributed by atoms with van der Waals surface area (Å²) in [5, 5.41) is 8.94. The number of benzene rings is 1. The molecule has 1 aromatic rings. The Morgan fingerprint density at radius 2 is 2.07 bits per heavy atom. The quantitative estimate of drug-likeness (QED) is 0.723. The Hall–Kier alpha value is -1.56. The predicted octanol–water partition coefficient (Wildman–Crippen LogP) is 2.64. The van der Waals surface area contributed by atoms with E-state index in [4.69, 9.17) is 10.00 Å². The minimum atomic E-state index is -0.668. The fourth-order valence-corrected chi connectivity index (χ4v) is 1.24. The molecule has 0 N–H and O–H groups in total. The van der Waals surface area contributed by atoms with E-state index in [1.54, 1.807) is 19.9 Å². The van der Waals surface area contributed by atoms with Crippen LogP contribution in [0.5, 0.6) is 5.75 Å². The molecule has 0 heterocycles. The topological polar surface area (TPSA) is 33.0 Å². The molecule has 14 heavy (non-hydrogen) atoms. The number of nitrogens with zero attached hydrogens (tertiary/aromatic N) is 1. The first-order valence-electron chi connectivity index (χ1n) is 4.26. The molecule has 0 fully saturated rings. The molecular weight excluding hydrogens is 181 g/mol. The third-order valence-electron chi connectivity index (χ3n) is 2.12. The van der Waals surface area contributed by atoms with E-state index < -0.39 is 5.41 Å². The van der Waals surface area contributed by atoms with Gasteiger partial charge in [-0.1, -0.05) is 6.07 Å². The molecule has 0 spiro atoms. The Bertz CT molecular complexity index is 379. The smallest absolute Gasteiger partial charge is 0.126 e. The van der Waals surface area contributed by atoms with Crippen molar-refractivity contribution in [3.63, 3.8) is 0 Å². The number of nitriles is 1. The number of rotatable bonds is 2. The molecule has 2 nitrogen and oxygen atoms in total. The molecule has 0 amide bonds. The number of halogens is 1. The van der Waals surface area contributed by atoms with Gasteiger partial charge in [0.1, 0.15) is 11.6 Å². The highest BCUT2D eigenvalue weighted by Gasteiger charge is 2.24. The van der Waals surface area contributed by atoms with Crippen molar-refractivity contribution < 1.29 is 9.13 Å². The zero-order valence-corrected chi connectivity index (χ0v) is 8.47. The van der Waals surface area contributed by atoms with E-state index >= 15 is 0 Å². The van der Waals surface area contributed by atoms with Crippen molar-refractivity contribution in [2.75, 3.05) is 7.11 Å². The summed E-state index contributed by atoms with van der Waals surface area (Å²) < 4.78 is 17.9. The molecule has 0 atom stereocenters. The highest BCUT2D eigenvalue weighted by molar-refractivity contribution is 5.42. The zero-order chi connectivity index (χ0) is 10.8. The molecule has 0 radical (unpaired) electrons. The summed E-state index contributed by atoms with van der Waals surface area (Å²) in [5.41, 5.74) is 0.0304. The zero-order valence-electron chi connectivity index (χ0n) is 8.47. The fourth-order valence-electron chi connectivity index (χ4n) is 1.24. The highest BCUT2D eigenvalue weighted by Crippen LogP contribution is 2.31. The van der Waals surface area contributed by atoms with Crippen LogP contribution in [0.2, 0.25) is 0 Å². The summed E-state index contributed by atoms with van der Waals surface area (Å²) in [4.78, 5) is 0. The van der Waals surface area contributed by atoms with Gasteiger partial charge in [-0.05, 0) is 19.9 Å². The minimum absolute atomic E-state index is 0.362. The summed E-state index contributed by atoms with van der Waals surface area (Å²) >= 11 is 0. The Morgan fingerprint density at radius 3 is 2.57 bits per heavy atom. The molecule has 1 aromatic carbocycles. The molecule has 0 aliphatic heterocycles. The van der Waals surface area contributed by atoms with E-state index in [2.05, 4.69) is 6.07 Å². The summed E-state index contributed by atoms with van der Waals surface area (Å²) in [5.74, 6) is 0.0517. The van der Waals surface area contributed by atoms with Crippen LogP contribution in [0.15, 0.2) is 18.2 Å². The second-order valence-corrected chi connectivity index (χ2v) is 3.58. The molecule has 3 heteroatoms. The molecule has 74 valence electrons. The van der Waals surface area contributed by atoms with E-state index in [1.165, 1.54) is 19.2 Å². The van der Waals surface area contributed by atoms with Gasteiger partial charge in [-0.25, -0.2) is 4.39 Å². The van der Waals surface area contributed by atoms with Crippen molar-refractivity contribution in [1.29, 1.82) is 5.26 Å². The molecule has 0 unspecified atom stereocenters. The van der Waals surface area contributed by atoms with Crippen LogP contribution in [0.1, 0.15) is 19.4 Å². The van der Waals surface area contributed by atoms with Crippen molar-refractivity contribution in [1.82, 2.24) is 0 Å². The lowest BCUT2D eigenvalue weighted by molar-refractivity contribution is 0.399. The van der Waals surface area contributed by atoms with Gasteiger partial charge in [-0.15, -0.1) is 0 Å². The molecule has 0 saturated carbocycles. The van der Waals surface area contributed by atoms with E-state index in [-0.39, 0.29) is 5.82 Å². The largest absolute Gasteiger partial charge is 0.496 e. The summed E-state index contributed by atoms with van der Waals surface area (Å²) in [6, 6.07) is 6.35. The minimum Gasteiger partial charge on any atom is -0.496 e. The van der Waals surface area contributed by atoms with Gasteiger partial charge < -0.3 is 4.74 Å². The SMILES string of the molecule is COc1cc(F)ccc1C(C)(C)C#N. The van der Waals surface area contributed by atoms with Gasteiger partial charge in [-0.2, -0.15) is 5.26 Å². The Labute approximate surface area is 82.9 Å². The van der Waals surface area contributed by atoms with E-state index in [0.717, 1.165) is 0 Å². The first kappa shape index (κ1) is 10.5. The van der Waals surface area contributed by atoms with Gasteiger partial charge in [0, 0.05) is 11.6 Å². The molecular formula is C11H12FNO. The first-order valence-corrected chi connectivity index (χ1v) is 4.26. The van der Waals surface area contributed by atoms with Crippen molar-refractivity contribution in [2.24, 2.45) is 0 Å². The molecule has 0 saturated heterocycles.